The van der Waals surface area contributed by atoms with Crippen LogP contribution >= 0.6 is 0 Å². The van der Waals surface area contributed by atoms with Gasteiger partial charge in [-0.15, -0.1) is 0 Å². The van der Waals surface area contributed by atoms with Gasteiger partial charge in [0.1, 0.15) is 6.54 Å². The van der Waals surface area contributed by atoms with Crippen LogP contribution in [0, 0.1) is 0 Å². The van der Waals surface area contributed by atoms with Crippen LogP contribution in [-0.2, 0) is 9.59 Å². The molecule has 0 atom stereocenters. The van der Waals surface area contributed by atoms with Gasteiger partial charge in [0.05, 0.1) is 18.7 Å². The van der Waals surface area contributed by atoms with Crippen molar-refractivity contribution in [3.8, 4) is 0 Å². The molecule has 8 heteroatoms. The van der Waals surface area contributed by atoms with Crippen molar-refractivity contribution in [2.45, 2.75) is 19.4 Å². The van der Waals surface area contributed by atoms with Crippen LogP contribution in [0.25, 0.3) is 0 Å². The number of urea groups is 1. The van der Waals surface area contributed by atoms with E-state index in [9.17, 15) is 19.5 Å². The van der Waals surface area contributed by atoms with E-state index in [1.165, 1.54) is 11.9 Å². The van der Waals surface area contributed by atoms with E-state index in [0.29, 0.717) is 0 Å². The van der Waals surface area contributed by atoms with Gasteiger partial charge in [-0.25, -0.2) is 4.79 Å². The number of carboxylic acid groups (broad SMARTS) is 1. The van der Waals surface area contributed by atoms with E-state index in [0.717, 1.165) is 0 Å². The molecule has 3 amide bonds. The van der Waals surface area contributed by atoms with Crippen molar-refractivity contribution in [1.82, 2.24) is 15.5 Å². The molecule has 104 valence electrons. The molecular weight excluding hydrogens is 242 g/mol. The molecule has 0 aromatic carbocycles. The summed E-state index contributed by atoms with van der Waals surface area (Å²) in [5.41, 5.74) is -1.03. The highest BCUT2D eigenvalue weighted by Crippen LogP contribution is 2.02. The number of amides is 3. The van der Waals surface area contributed by atoms with E-state index in [1.807, 2.05) is 0 Å². The standard InChI is InChI=1S/C10H19N3O5/c1-10(2,18)6-13(3)9(17)12-4-7(14)11-5-8(15)16/h18H,4-6H2,1-3H3,(H,11,14)(H,12,17)(H,15,16). The fourth-order valence-corrected chi connectivity index (χ4v) is 1.18. The highest BCUT2D eigenvalue weighted by Gasteiger charge is 2.19. The van der Waals surface area contributed by atoms with Gasteiger partial charge in [-0.1, -0.05) is 0 Å². The van der Waals surface area contributed by atoms with Crippen LogP contribution in [0.2, 0.25) is 0 Å². The first-order valence-electron chi connectivity index (χ1n) is 5.31. The lowest BCUT2D eigenvalue weighted by Crippen LogP contribution is -2.47. The smallest absolute Gasteiger partial charge is 0.322 e. The summed E-state index contributed by atoms with van der Waals surface area (Å²) in [5, 5.41) is 22.2. The van der Waals surface area contributed by atoms with E-state index >= 15 is 0 Å². The summed E-state index contributed by atoms with van der Waals surface area (Å²) < 4.78 is 0. The van der Waals surface area contributed by atoms with E-state index in [2.05, 4.69) is 10.6 Å². The molecule has 0 rings (SSSR count). The number of rotatable bonds is 6. The molecule has 0 bridgehead atoms. The second-order valence-electron chi connectivity index (χ2n) is 4.50. The number of aliphatic hydroxyl groups is 1. The number of hydrogen-bond donors (Lipinski definition) is 4. The molecule has 0 aliphatic carbocycles. The molecule has 4 N–H and O–H groups in total. The molecule has 0 heterocycles. The zero-order chi connectivity index (χ0) is 14.3. The summed E-state index contributed by atoms with van der Waals surface area (Å²) in [4.78, 5) is 34.0. The van der Waals surface area contributed by atoms with Crippen molar-refractivity contribution in [1.29, 1.82) is 0 Å². The molecule has 0 radical (unpaired) electrons. The van der Waals surface area contributed by atoms with Crippen LogP contribution in [0.15, 0.2) is 0 Å². The summed E-state index contributed by atoms with van der Waals surface area (Å²) >= 11 is 0. The lowest BCUT2D eigenvalue weighted by Gasteiger charge is -2.25. The maximum Gasteiger partial charge on any atom is 0.322 e. The maximum absolute atomic E-state index is 11.5. The molecule has 0 aromatic rings. The Balaban J connectivity index is 3.95. The second-order valence-corrected chi connectivity index (χ2v) is 4.50. The fraction of sp³-hybridized carbons (Fsp3) is 0.700. The Morgan fingerprint density at radius 1 is 1.17 bits per heavy atom. The van der Waals surface area contributed by atoms with E-state index in [-0.39, 0.29) is 13.1 Å². The summed E-state index contributed by atoms with van der Waals surface area (Å²) in [5.74, 6) is -1.75. The molecule has 0 fully saturated rings. The predicted octanol–water partition coefficient (Wildman–Crippen LogP) is -1.40. The Kier molecular flexibility index (Phi) is 6.11. The van der Waals surface area contributed by atoms with Crippen LogP contribution in [0.4, 0.5) is 4.79 Å². The number of carbonyl (C=O) groups excluding carboxylic acids is 2. The largest absolute Gasteiger partial charge is 0.480 e. The normalized spacial score (nSPS) is 10.7. The zero-order valence-corrected chi connectivity index (χ0v) is 10.7. The van der Waals surface area contributed by atoms with Gasteiger partial charge < -0.3 is 25.7 Å². The van der Waals surface area contributed by atoms with Crippen LogP contribution < -0.4 is 10.6 Å². The number of nitrogens with one attached hydrogen (secondary N) is 2. The number of carboxylic acids is 1. The third kappa shape index (κ3) is 8.34. The molecule has 0 spiro atoms. The number of likely N-dealkylation sites (N-methyl/N-ethyl adjacent to an activating group) is 1. The minimum Gasteiger partial charge on any atom is -0.480 e. The van der Waals surface area contributed by atoms with Crippen molar-refractivity contribution in [2.75, 3.05) is 26.7 Å². The number of carbonyl (C=O) groups is 3. The third-order valence-corrected chi connectivity index (χ3v) is 1.81. The monoisotopic (exact) mass is 261 g/mol. The lowest BCUT2D eigenvalue weighted by molar-refractivity contribution is -0.137. The first-order valence-corrected chi connectivity index (χ1v) is 5.31. The average molecular weight is 261 g/mol. The first-order chi connectivity index (χ1) is 8.11. The topological polar surface area (TPSA) is 119 Å². The molecule has 18 heavy (non-hydrogen) atoms. The molecule has 0 saturated carbocycles. The molecule has 0 aromatic heterocycles. The Hall–Kier alpha value is -1.83. The van der Waals surface area contributed by atoms with Gasteiger partial charge >= 0.3 is 12.0 Å². The summed E-state index contributed by atoms with van der Waals surface area (Å²) in [6.07, 6.45) is 0. The first kappa shape index (κ1) is 16.2. The summed E-state index contributed by atoms with van der Waals surface area (Å²) in [7, 11) is 1.47. The zero-order valence-electron chi connectivity index (χ0n) is 10.7. The van der Waals surface area contributed by atoms with Gasteiger partial charge in [-0.2, -0.15) is 0 Å². The molecule has 0 unspecified atom stereocenters. The number of aliphatic carboxylic acids is 1. The second kappa shape index (κ2) is 6.80. The summed E-state index contributed by atoms with van der Waals surface area (Å²) in [6.45, 7) is 2.40. The highest BCUT2D eigenvalue weighted by molar-refractivity contribution is 5.86. The van der Waals surface area contributed by atoms with Crippen molar-refractivity contribution in [2.24, 2.45) is 0 Å². The molecule has 0 aliphatic rings. The van der Waals surface area contributed by atoms with Crippen LogP contribution in [0.5, 0.6) is 0 Å². The maximum atomic E-state index is 11.5. The van der Waals surface area contributed by atoms with Crippen molar-refractivity contribution >= 4 is 17.9 Å². The van der Waals surface area contributed by atoms with Gasteiger partial charge in [0.2, 0.25) is 5.91 Å². The van der Waals surface area contributed by atoms with Gasteiger partial charge in [-0.05, 0) is 13.8 Å². The minimum absolute atomic E-state index is 0.107. The lowest BCUT2D eigenvalue weighted by atomic mass is 10.1. The Morgan fingerprint density at radius 2 is 1.72 bits per heavy atom. The molecule has 0 saturated heterocycles. The predicted molar refractivity (Wildman–Crippen MR) is 63.0 cm³/mol. The van der Waals surface area contributed by atoms with E-state index in [1.54, 1.807) is 13.8 Å². The van der Waals surface area contributed by atoms with Crippen LogP contribution in [0.3, 0.4) is 0 Å². The van der Waals surface area contributed by atoms with Crippen molar-refractivity contribution in [3.05, 3.63) is 0 Å². The Bertz CT molecular complexity index is 324. The Labute approximate surface area is 105 Å². The molecule has 0 aliphatic heterocycles. The molecular formula is C10H19N3O5. The quantitative estimate of drug-likeness (QED) is 0.469. The van der Waals surface area contributed by atoms with Gasteiger partial charge in [-0.3, -0.25) is 9.59 Å². The SMILES string of the molecule is CN(CC(C)(C)O)C(=O)NCC(=O)NCC(=O)O. The highest BCUT2D eigenvalue weighted by atomic mass is 16.4. The average Bonchev–Trinajstić information content (AvgIpc) is 2.20. The minimum atomic E-state index is -1.16. The fourth-order valence-electron chi connectivity index (χ4n) is 1.18. The number of hydrogen-bond acceptors (Lipinski definition) is 4. The van der Waals surface area contributed by atoms with Gasteiger partial charge in [0, 0.05) is 7.05 Å². The van der Waals surface area contributed by atoms with E-state index < -0.39 is 30.1 Å². The molecule has 8 nitrogen and oxygen atoms in total. The van der Waals surface area contributed by atoms with Gasteiger partial charge in [0.25, 0.3) is 0 Å². The van der Waals surface area contributed by atoms with Crippen LogP contribution in [0.1, 0.15) is 13.8 Å². The third-order valence-electron chi connectivity index (χ3n) is 1.81. The van der Waals surface area contributed by atoms with E-state index in [4.69, 9.17) is 5.11 Å². The number of nitrogens with zero attached hydrogens (tertiary/aromatic N) is 1. The van der Waals surface area contributed by atoms with Crippen molar-refractivity contribution < 1.29 is 24.6 Å². The summed E-state index contributed by atoms with van der Waals surface area (Å²) in [6, 6.07) is -0.525. The Morgan fingerprint density at radius 3 is 2.17 bits per heavy atom. The van der Waals surface area contributed by atoms with Crippen LogP contribution in [-0.4, -0.2) is 65.3 Å². The van der Waals surface area contributed by atoms with Gasteiger partial charge in [0.15, 0.2) is 0 Å². The van der Waals surface area contributed by atoms with Crippen molar-refractivity contribution in [3.63, 3.8) is 0 Å².